The molecule has 1 fully saturated rings. The third-order valence-corrected chi connectivity index (χ3v) is 7.30. The number of urea groups is 1. The highest BCUT2D eigenvalue weighted by Gasteiger charge is 2.33. The van der Waals surface area contributed by atoms with Crippen molar-refractivity contribution in [3.05, 3.63) is 77.1 Å². The summed E-state index contributed by atoms with van der Waals surface area (Å²) in [5, 5.41) is 4.89. The Hall–Kier alpha value is -3.57. The molecule has 1 saturated heterocycles. The van der Waals surface area contributed by atoms with Gasteiger partial charge in [0, 0.05) is 29.0 Å². The van der Waals surface area contributed by atoms with Crippen molar-refractivity contribution < 1.29 is 27.0 Å². The van der Waals surface area contributed by atoms with Gasteiger partial charge in [0.1, 0.15) is 11.9 Å². The molecule has 194 valence electrons. The number of amides is 3. The Kier molecular flexibility index (Phi) is 7.47. The molecule has 0 saturated carbocycles. The Morgan fingerprint density at radius 2 is 1.81 bits per heavy atom. The minimum atomic E-state index is -3.23. The minimum absolute atomic E-state index is 0.0579. The van der Waals surface area contributed by atoms with Gasteiger partial charge in [-0.3, -0.25) is 4.79 Å². The molecular weight excluding hydrogens is 529 g/mol. The largest absolute Gasteiger partial charge is 0.326 e. The average molecular weight is 551 g/mol. The first-order chi connectivity index (χ1) is 17.5. The lowest BCUT2D eigenvalue weighted by Crippen LogP contribution is -2.53. The van der Waals surface area contributed by atoms with E-state index in [0.29, 0.717) is 6.42 Å². The molecule has 4 rings (SSSR count). The van der Waals surface area contributed by atoms with Gasteiger partial charge >= 0.3 is 6.03 Å². The second kappa shape index (κ2) is 10.4. The molecule has 3 aromatic rings. The molecule has 0 spiro atoms. The molecule has 37 heavy (non-hydrogen) atoms. The van der Waals surface area contributed by atoms with Gasteiger partial charge in [0.2, 0.25) is 5.91 Å². The number of halogens is 4. The van der Waals surface area contributed by atoms with Crippen molar-refractivity contribution in [1.29, 1.82) is 4.78 Å². The van der Waals surface area contributed by atoms with Crippen molar-refractivity contribution in [1.82, 2.24) is 5.32 Å². The summed E-state index contributed by atoms with van der Waals surface area (Å²) in [4.78, 5) is 26.5. The molecule has 0 aromatic heterocycles. The Morgan fingerprint density at radius 1 is 1.08 bits per heavy atom. The average Bonchev–Trinajstić information content (AvgIpc) is 2.84. The maximum absolute atomic E-state index is 15.2. The highest BCUT2D eigenvalue weighted by atomic mass is 35.5. The number of benzene rings is 3. The third kappa shape index (κ3) is 5.57. The lowest BCUT2D eigenvalue weighted by Gasteiger charge is -2.33. The Balaban J connectivity index is 1.57. The highest BCUT2D eigenvalue weighted by Crippen LogP contribution is 2.35. The van der Waals surface area contributed by atoms with E-state index in [2.05, 4.69) is 10.6 Å². The Morgan fingerprint density at radius 3 is 2.51 bits per heavy atom. The predicted molar refractivity (Wildman–Crippen MR) is 136 cm³/mol. The smallest absolute Gasteiger partial charge is 0.319 e. The van der Waals surface area contributed by atoms with Gasteiger partial charge in [0.25, 0.3) is 0 Å². The summed E-state index contributed by atoms with van der Waals surface area (Å²) < 4.78 is 64.7. The Labute approximate surface area is 216 Å². The van der Waals surface area contributed by atoms with E-state index in [1.54, 1.807) is 12.1 Å². The number of hydrogen-bond acceptors (Lipinski definition) is 4. The standard InChI is InChI=1S/C25H22ClF3N4O3S/c1-37(30,36)21-7-3-2-5-15(21)16-9-11-20(23(29)22(16)28)33-12-4-6-19(24(33)34)32-25(35)31-18-10-8-14(26)13-17(18)27/h2-3,5,7-11,13,19,30H,4,6,12H2,1H3,(H2,31,32,35)/t19-,37?/m1/s1. The molecular formula is C25H22ClF3N4O3S. The van der Waals surface area contributed by atoms with Crippen LogP contribution in [0.4, 0.5) is 29.3 Å². The van der Waals surface area contributed by atoms with Gasteiger partial charge in [-0.05, 0) is 49.2 Å². The van der Waals surface area contributed by atoms with Gasteiger partial charge in [-0.15, -0.1) is 0 Å². The van der Waals surface area contributed by atoms with Crippen LogP contribution in [0.5, 0.6) is 0 Å². The van der Waals surface area contributed by atoms with E-state index in [0.717, 1.165) is 11.0 Å². The van der Waals surface area contributed by atoms with E-state index in [1.165, 1.54) is 42.7 Å². The second-order valence-corrected chi connectivity index (χ2v) is 11.1. The number of nitrogens with zero attached hydrogens (tertiary/aromatic N) is 1. The molecule has 0 aliphatic carbocycles. The van der Waals surface area contributed by atoms with E-state index in [1.807, 2.05) is 0 Å². The summed E-state index contributed by atoms with van der Waals surface area (Å²) >= 11 is 5.70. The molecule has 1 aliphatic heterocycles. The van der Waals surface area contributed by atoms with Crippen LogP contribution >= 0.6 is 11.6 Å². The van der Waals surface area contributed by atoms with Crippen molar-refractivity contribution >= 4 is 44.6 Å². The molecule has 1 aliphatic rings. The van der Waals surface area contributed by atoms with Crippen LogP contribution in [0.2, 0.25) is 5.02 Å². The summed E-state index contributed by atoms with van der Waals surface area (Å²) in [6.45, 7) is 0.0895. The lowest BCUT2D eigenvalue weighted by atomic mass is 10.0. The molecule has 3 amide bonds. The first-order valence-corrected chi connectivity index (χ1v) is 13.5. The summed E-state index contributed by atoms with van der Waals surface area (Å²) in [6.07, 6.45) is 1.82. The number of carbonyl (C=O) groups is 2. The van der Waals surface area contributed by atoms with Crippen LogP contribution in [-0.2, 0) is 14.5 Å². The predicted octanol–water partition coefficient (Wildman–Crippen LogP) is 5.78. The lowest BCUT2D eigenvalue weighted by molar-refractivity contribution is -0.121. The van der Waals surface area contributed by atoms with E-state index < -0.39 is 45.2 Å². The zero-order chi connectivity index (χ0) is 26.9. The molecule has 1 heterocycles. The van der Waals surface area contributed by atoms with Crippen LogP contribution in [0, 0.1) is 22.2 Å². The number of carbonyl (C=O) groups excluding carboxylic acids is 2. The van der Waals surface area contributed by atoms with E-state index in [9.17, 15) is 18.2 Å². The van der Waals surface area contributed by atoms with Gasteiger partial charge in [-0.25, -0.2) is 27.0 Å². The monoisotopic (exact) mass is 550 g/mol. The highest BCUT2D eigenvalue weighted by molar-refractivity contribution is 7.91. The van der Waals surface area contributed by atoms with E-state index in [-0.39, 0.29) is 45.4 Å². The topological polar surface area (TPSA) is 102 Å². The van der Waals surface area contributed by atoms with Crippen molar-refractivity contribution in [2.24, 2.45) is 0 Å². The fraction of sp³-hybridized carbons (Fsp3) is 0.200. The van der Waals surface area contributed by atoms with Crippen LogP contribution in [0.15, 0.2) is 59.5 Å². The van der Waals surface area contributed by atoms with Crippen molar-refractivity contribution in [2.75, 3.05) is 23.0 Å². The molecule has 3 N–H and O–H groups in total. The molecule has 2 atom stereocenters. The van der Waals surface area contributed by atoms with Crippen molar-refractivity contribution in [3.63, 3.8) is 0 Å². The normalized spacial score (nSPS) is 17.3. The molecule has 3 aromatic carbocycles. The number of rotatable bonds is 5. The van der Waals surface area contributed by atoms with Gasteiger partial charge in [-0.1, -0.05) is 29.8 Å². The van der Waals surface area contributed by atoms with Crippen LogP contribution in [0.25, 0.3) is 11.1 Å². The summed E-state index contributed by atoms with van der Waals surface area (Å²) in [6, 6.07) is 10.2. The SMILES string of the molecule is CS(=N)(=O)c1ccccc1-c1ccc(N2CCC[C@@H](NC(=O)Nc3ccc(Cl)cc3F)C2=O)c(F)c1F. The van der Waals surface area contributed by atoms with Gasteiger partial charge in [0.15, 0.2) is 11.6 Å². The fourth-order valence-electron chi connectivity index (χ4n) is 4.14. The molecule has 0 radical (unpaired) electrons. The van der Waals surface area contributed by atoms with E-state index >= 15 is 8.78 Å². The fourth-order valence-corrected chi connectivity index (χ4v) is 5.24. The maximum Gasteiger partial charge on any atom is 0.319 e. The second-order valence-electron chi connectivity index (χ2n) is 8.51. The zero-order valence-corrected chi connectivity index (χ0v) is 21.1. The van der Waals surface area contributed by atoms with Gasteiger partial charge in [-0.2, -0.15) is 0 Å². The van der Waals surface area contributed by atoms with Crippen LogP contribution in [-0.4, -0.2) is 35.0 Å². The first-order valence-electron chi connectivity index (χ1n) is 11.1. The van der Waals surface area contributed by atoms with Gasteiger partial charge < -0.3 is 15.5 Å². The van der Waals surface area contributed by atoms with E-state index in [4.69, 9.17) is 16.4 Å². The molecule has 7 nitrogen and oxygen atoms in total. The number of nitrogens with one attached hydrogen (secondary N) is 3. The molecule has 12 heteroatoms. The summed E-state index contributed by atoms with van der Waals surface area (Å²) in [5.74, 6) is -3.97. The number of hydrogen-bond donors (Lipinski definition) is 3. The summed E-state index contributed by atoms with van der Waals surface area (Å²) in [5.41, 5.74) is -0.539. The van der Waals surface area contributed by atoms with Crippen LogP contribution in [0.1, 0.15) is 12.8 Å². The first kappa shape index (κ1) is 26.5. The van der Waals surface area contributed by atoms with Crippen LogP contribution < -0.4 is 15.5 Å². The Bertz CT molecular complexity index is 1500. The van der Waals surface area contributed by atoms with Crippen molar-refractivity contribution in [3.8, 4) is 11.1 Å². The third-order valence-electron chi connectivity index (χ3n) is 5.87. The number of piperidine rings is 1. The maximum atomic E-state index is 15.2. The molecule has 1 unspecified atom stereocenters. The summed E-state index contributed by atoms with van der Waals surface area (Å²) in [7, 11) is -3.23. The zero-order valence-electron chi connectivity index (χ0n) is 19.5. The quantitative estimate of drug-likeness (QED) is 0.375. The minimum Gasteiger partial charge on any atom is -0.326 e. The van der Waals surface area contributed by atoms with Crippen LogP contribution in [0.3, 0.4) is 0 Å². The molecule has 0 bridgehead atoms. The number of anilines is 2. The van der Waals surface area contributed by atoms with Crippen molar-refractivity contribution in [2.45, 2.75) is 23.8 Å². The van der Waals surface area contributed by atoms with Gasteiger partial charge in [0.05, 0.1) is 26.0 Å².